The highest BCUT2D eigenvalue weighted by atomic mass is 19.4. The lowest BCUT2D eigenvalue weighted by atomic mass is 9.97. The average molecular weight is 313 g/mol. The molecule has 1 saturated heterocycles. The molecule has 2 unspecified atom stereocenters. The molecule has 3 rings (SSSR count). The number of aromatic nitrogens is 3. The van der Waals surface area contributed by atoms with E-state index >= 15 is 0 Å². The number of imidazole rings is 1. The number of halogens is 3. The van der Waals surface area contributed by atoms with Gasteiger partial charge in [0, 0.05) is 12.5 Å². The molecule has 3 heterocycles. The van der Waals surface area contributed by atoms with Crippen molar-refractivity contribution in [2.45, 2.75) is 31.6 Å². The lowest BCUT2D eigenvalue weighted by molar-refractivity contribution is -0.154. The van der Waals surface area contributed by atoms with Crippen molar-refractivity contribution in [3.63, 3.8) is 0 Å². The van der Waals surface area contributed by atoms with E-state index in [4.69, 9.17) is 5.73 Å². The normalized spacial score (nSPS) is 22.3. The van der Waals surface area contributed by atoms with Crippen LogP contribution >= 0.6 is 0 Å². The lowest BCUT2D eigenvalue weighted by Gasteiger charge is -2.13. The minimum atomic E-state index is -4.41. The highest BCUT2D eigenvalue weighted by Crippen LogP contribution is 2.31. The molecular formula is C13H14F3N5O. The first kappa shape index (κ1) is 14.8. The summed E-state index contributed by atoms with van der Waals surface area (Å²) in [5.74, 6) is -1.28. The molecule has 0 aromatic carbocycles. The number of carbonyl (C=O) groups excluding carboxylic acids is 1. The molecule has 6 nitrogen and oxygen atoms in total. The van der Waals surface area contributed by atoms with Gasteiger partial charge in [0.05, 0.1) is 18.1 Å². The van der Waals surface area contributed by atoms with E-state index in [-0.39, 0.29) is 19.4 Å². The number of hydrogen-bond donors (Lipinski definition) is 2. The van der Waals surface area contributed by atoms with E-state index in [0.717, 1.165) is 0 Å². The van der Waals surface area contributed by atoms with Crippen LogP contribution in [-0.2, 0) is 17.8 Å². The number of nitrogens with one attached hydrogen (secondary N) is 1. The first-order valence-electron chi connectivity index (χ1n) is 6.77. The van der Waals surface area contributed by atoms with Crippen molar-refractivity contribution in [2.75, 3.05) is 0 Å². The highest BCUT2D eigenvalue weighted by Gasteiger charge is 2.47. The molecular weight excluding hydrogens is 299 g/mol. The van der Waals surface area contributed by atoms with Gasteiger partial charge in [0.15, 0.2) is 5.65 Å². The average Bonchev–Trinajstić information content (AvgIpc) is 3.02. The van der Waals surface area contributed by atoms with Gasteiger partial charge in [-0.15, -0.1) is 0 Å². The highest BCUT2D eigenvalue weighted by molar-refractivity contribution is 5.81. The van der Waals surface area contributed by atoms with Crippen molar-refractivity contribution in [1.82, 2.24) is 19.9 Å². The molecule has 1 amide bonds. The van der Waals surface area contributed by atoms with Crippen LogP contribution in [0.3, 0.4) is 0 Å². The monoisotopic (exact) mass is 313 g/mol. The molecule has 22 heavy (non-hydrogen) atoms. The van der Waals surface area contributed by atoms with Crippen LogP contribution in [0.1, 0.15) is 17.7 Å². The van der Waals surface area contributed by atoms with Crippen LogP contribution in [-0.4, -0.2) is 32.7 Å². The van der Waals surface area contributed by atoms with E-state index in [9.17, 15) is 18.0 Å². The van der Waals surface area contributed by atoms with Crippen molar-refractivity contribution in [2.24, 2.45) is 11.7 Å². The molecule has 0 spiro atoms. The number of carbonyl (C=O) groups is 1. The topological polar surface area (TPSA) is 85.3 Å². The van der Waals surface area contributed by atoms with Gasteiger partial charge in [0.1, 0.15) is 6.04 Å². The molecule has 0 radical (unpaired) electrons. The van der Waals surface area contributed by atoms with Crippen molar-refractivity contribution in [1.29, 1.82) is 0 Å². The van der Waals surface area contributed by atoms with Gasteiger partial charge >= 0.3 is 6.18 Å². The second-order valence-corrected chi connectivity index (χ2v) is 5.34. The zero-order valence-corrected chi connectivity index (χ0v) is 11.5. The van der Waals surface area contributed by atoms with Gasteiger partial charge in [0.2, 0.25) is 5.91 Å². The molecule has 1 fully saturated rings. The molecule has 0 bridgehead atoms. The van der Waals surface area contributed by atoms with E-state index < -0.39 is 24.0 Å². The largest absolute Gasteiger partial charge is 0.408 e. The van der Waals surface area contributed by atoms with E-state index in [1.165, 1.54) is 6.20 Å². The van der Waals surface area contributed by atoms with E-state index in [1.54, 1.807) is 16.8 Å². The number of amides is 1. The van der Waals surface area contributed by atoms with Crippen LogP contribution < -0.4 is 11.1 Å². The Morgan fingerprint density at radius 1 is 1.45 bits per heavy atom. The zero-order valence-electron chi connectivity index (χ0n) is 11.5. The van der Waals surface area contributed by atoms with E-state index in [2.05, 4.69) is 10.1 Å². The maximum absolute atomic E-state index is 12.6. The molecule has 2 aromatic heterocycles. The summed E-state index contributed by atoms with van der Waals surface area (Å²) >= 11 is 0. The van der Waals surface area contributed by atoms with Crippen LogP contribution in [0.4, 0.5) is 13.2 Å². The maximum Gasteiger partial charge on any atom is 0.408 e. The third kappa shape index (κ3) is 2.76. The Kier molecular flexibility index (Phi) is 3.51. The predicted octanol–water partition coefficient (Wildman–Crippen LogP) is 0.797. The number of nitrogens with two attached hydrogens (primary N) is 1. The molecule has 1 aliphatic heterocycles. The van der Waals surface area contributed by atoms with E-state index in [1.807, 2.05) is 5.32 Å². The molecule has 0 aliphatic carbocycles. The standard InChI is InChI=1S/C13H14F3N5O/c14-13(15,16)10-3-8(12(22)20-10)1-7-2-11-19-9(4-17)6-21(11)18-5-7/h2,5-6,8,10H,1,3-4,17H2,(H,20,22). The first-order chi connectivity index (χ1) is 10.4. The van der Waals surface area contributed by atoms with Crippen LogP contribution in [0.2, 0.25) is 0 Å². The van der Waals surface area contributed by atoms with Crippen LogP contribution in [0.5, 0.6) is 0 Å². The fraction of sp³-hybridized carbons (Fsp3) is 0.462. The van der Waals surface area contributed by atoms with Crippen LogP contribution in [0.15, 0.2) is 18.5 Å². The van der Waals surface area contributed by atoms with Crippen LogP contribution in [0, 0.1) is 5.92 Å². The summed E-state index contributed by atoms with van der Waals surface area (Å²) in [4.78, 5) is 15.9. The van der Waals surface area contributed by atoms with Gasteiger partial charge in [0.25, 0.3) is 0 Å². The van der Waals surface area contributed by atoms with Gasteiger partial charge in [-0.25, -0.2) is 9.50 Å². The Labute approximate surface area is 123 Å². The van der Waals surface area contributed by atoms with Gasteiger partial charge < -0.3 is 11.1 Å². The summed E-state index contributed by atoms with van der Waals surface area (Å²) in [6.45, 7) is 0.275. The quantitative estimate of drug-likeness (QED) is 0.877. The summed E-state index contributed by atoms with van der Waals surface area (Å²) < 4.78 is 39.5. The Hall–Kier alpha value is -2.16. The molecule has 3 N–H and O–H groups in total. The first-order valence-corrected chi connectivity index (χ1v) is 6.77. The van der Waals surface area contributed by atoms with Gasteiger partial charge in [-0.1, -0.05) is 0 Å². The predicted molar refractivity (Wildman–Crippen MR) is 70.7 cm³/mol. The smallest absolute Gasteiger partial charge is 0.344 e. The van der Waals surface area contributed by atoms with Crippen molar-refractivity contribution in [3.05, 3.63) is 29.7 Å². The van der Waals surface area contributed by atoms with Gasteiger partial charge in [-0.3, -0.25) is 4.79 Å². The fourth-order valence-electron chi connectivity index (χ4n) is 2.59. The summed E-state index contributed by atoms with van der Waals surface area (Å²) in [6.07, 6.45) is -1.25. The molecule has 9 heteroatoms. The summed E-state index contributed by atoms with van der Waals surface area (Å²) in [7, 11) is 0. The van der Waals surface area contributed by atoms with Crippen molar-refractivity contribution < 1.29 is 18.0 Å². The fourth-order valence-corrected chi connectivity index (χ4v) is 2.59. The Morgan fingerprint density at radius 3 is 2.86 bits per heavy atom. The number of rotatable bonds is 3. The van der Waals surface area contributed by atoms with Gasteiger partial charge in [-0.05, 0) is 24.5 Å². The minimum absolute atomic E-state index is 0.201. The number of hydrogen-bond acceptors (Lipinski definition) is 4. The maximum atomic E-state index is 12.6. The summed E-state index contributed by atoms with van der Waals surface area (Å²) in [6, 6.07) is -0.0580. The Balaban J connectivity index is 1.77. The zero-order chi connectivity index (χ0) is 15.9. The lowest BCUT2D eigenvalue weighted by Crippen LogP contribution is -2.38. The second kappa shape index (κ2) is 5.24. The third-order valence-corrected chi connectivity index (χ3v) is 3.72. The summed E-state index contributed by atoms with van der Waals surface area (Å²) in [5.41, 5.74) is 7.39. The van der Waals surface area contributed by atoms with Crippen molar-refractivity contribution in [3.8, 4) is 0 Å². The Bertz CT molecular complexity index is 711. The molecule has 0 saturated carbocycles. The van der Waals surface area contributed by atoms with Crippen LogP contribution in [0.25, 0.3) is 5.65 Å². The third-order valence-electron chi connectivity index (χ3n) is 3.72. The van der Waals surface area contributed by atoms with Crippen molar-refractivity contribution >= 4 is 11.6 Å². The number of fused-ring (bicyclic) bond motifs is 1. The molecule has 118 valence electrons. The molecule has 1 aliphatic rings. The number of nitrogens with zero attached hydrogens (tertiary/aromatic N) is 3. The summed E-state index contributed by atoms with van der Waals surface area (Å²) in [5, 5.41) is 6.12. The second-order valence-electron chi connectivity index (χ2n) is 5.34. The SMILES string of the molecule is NCc1cn2ncc(CC3CC(C(F)(F)F)NC3=O)cc2n1. The number of alkyl halides is 3. The molecule has 2 aromatic rings. The van der Waals surface area contributed by atoms with E-state index in [0.29, 0.717) is 16.9 Å². The molecule has 2 atom stereocenters. The Morgan fingerprint density at radius 2 is 2.23 bits per heavy atom. The van der Waals surface area contributed by atoms with Gasteiger partial charge in [-0.2, -0.15) is 18.3 Å². The minimum Gasteiger partial charge on any atom is -0.344 e.